The van der Waals surface area contributed by atoms with Crippen LogP contribution in [0, 0.1) is 5.92 Å². The second-order valence-electron chi connectivity index (χ2n) is 5.56. The number of nitrogens with two attached hydrogens (primary N) is 1. The van der Waals surface area contributed by atoms with E-state index in [2.05, 4.69) is 13.8 Å². The van der Waals surface area contributed by atoms with Crippen LogP contribution in [0.15, 0.2) is 12.1 Å². The number of rotatable bonds is 9. The molecule has 0 radical (unpaired) electrons. The Morgan fingerprint density at radius 3 is 2.19 bits per heavy atom. The lowest BCUT2D eigenvalue weighted by atomic mass is 9.97. The van der Waals surface area contributed by atoms with Crippen LogP contribution in [0.2, 0.25) is 5.02 Å². The number of hydrogen-bond acceptors (Lipinski definition) is 3. The minimum atomic E-state index is 0.248. The minimum Gasteiger partial charge on any atom is -0.490 e. The zero-order valence-electron chi connectivity index (χ0n) is 13.6. The van der Waals surface area contributed by atoms with Gasteiger partial charge in [0.05, 0.1) is 13.2 Å². The van der Waals surface area contributed by atoms with Gasteiger partial charge in [-0.05, 0) is 50.7 Å². The van der Waals surface area contributed by atoms with E-state index in [1.807, 2.05) is 26.0 Å². The molecule has 2 N–H and O–H groups in total. The molecule has 1 rings (SSSR count). The van der Waals surface area contributed by atoms with Crippen molar-refractivity contribution in [3.63, 3.8) is 0 Å². The van der Waals surface area contributed by atoms with E-state index in [-0.39, 0.29) is 6.04 Å². The fourth-order valence-corrected chi connectivity index (χ4v) is 2.42. The zero-order valence-corrected chi connectivity index (χ0v) is 14.4. The summed E-state index contributed by atoms with van der Waals surface area (Å²) in [6.45, 7) is 9.43. The molecule has 120 valence electrons. The van der Waals surface area contributed by atoms with Crippen LogP contribution in [0.3, 0.4) is 0 Å². The molecule has 0 aliphatic heterocycles. The second kappa shape index (κ2) is 9.16. The van der Waals surface area contributed by atoms with Gasteiger partial charge in [-0.3, -0.25) is 0 Å². The topological polar surface area (TPSA) is 44.5 Å². The third-order valence-corrected chi connectivity index (χ3v) is 3.90. The van der Waals surface area contributed by atoms with Gasteiger partial charge in [-0.2, -0.15) is 0 Å². The maximum absolute atomic E-state index is 6.35. The predicted octanol–water partition coefficient (Wildman–Crippen LogP) is 4.44. The van der Waals surface area contributed by atoms with Crippen LogP contribution in [0.25, 0.3) is 0 Å². The Labute approximate surface area is 133 Å². The van der Waals surface area contributed by atoms with E-state index in [9.17, 15) is 0 Å². The molecule has 0 heterocycles. The van der Waals surface area contributed by atoms with Crippen molar-refractivity contribution >= 4 is 11.6 Å². The first-order valence-corrected chi connectivity index (χ1v) is 8.20. The Hall–Kier alpha value is -0.930. The zero-order chi connectivity index (χ0) is 15.8. The van der Waals surface area contributed by atoms with Gasteiger partial charge in [0, 0.05) is 17.1 Å². The highest BCUT2D eigenvalue weighted by atomic mass is 35.5. The van der Waals surface area contributed by atoms with Crippen molar-refractivity contribution in [1.29, 1.82) is 0 Å². The highest BCUT2D eigenvalue weighted by Gasteiger charge is 2.12. The third-order valence-electron chi connectivity index (χ3n) is 3.55. The van der Waals surface area contributed by atoms with Gasteiger partial charge in [0.25, 0.3) is 0 Å². The van der Waals surface area contributed by atoms with Gasteiger partial charge >= 0.3 is 0 Å². The van der Waals surface area contributed by atoms with Gasteiger partial charge in [0.2, 0.25) is 0 Å². The molecular weight excluding hydrogens is 286 g/mol. The van der Waals surface area contributed by atoms with E-state index in [4.69, 9.17) is 26.8 Å². The molecule has 0 spiro atoms. The second-order valence-corrected chi connectivity index (χ2v) is 5.96. The monoisotopic (exact) mass is 313 g/mol. The average molecular weight is 314 g/mol. The Morgan fingerprint density at radius 1 is 1.10 bits per heavy atom. The summed E-state index contributed by atoms with van der Waals surface area (Å²) in [4.78, 5) is 0. The molecular formula is C17H28ClNO2. The molecule has 21 heavy (non-hydrogen) atoms. The summed E-state index contributed by atoms with van der Waals surface area (Å²) in [6, 6.07) is 4.10. The molecule has 1 aromatic rings. The summed E-state index contributed by atoms with van der Waals surface area (Å²) in [6.07, 6.45) is 2.94. The van der Waals surface area contributed by atoms with Crippen LogP contribution >= 0.6 is 11.6 Å². The first-order chi connectivity index (χ1) is 9.99. The highest BCUT2D eigenvalue weighted by molar-refractivity contribution is 6.31. The lowest BCUT2D eigenvalue weighted by molar-refractivity contribution is 0.287. The Balaban J connectivity index is 2.75. The van der Waals surface area contributed by atoms with Crippen LogP contribution in [0.4, 0.5) is 0 Å². The lowest BCUT2D eigenvalue weighted by Crippen LogP contribution is -2.26. The van der Waals surface area contributed by atoms with Crippen molar-refractivity contribution in [3.8, 4) is 11.5 Å². The quantitative estimate of drug-likeness (QED) is 0.733. The van der Waals surface area contributed by atoms with Crippen molar-refractivity contribution in [2.45, 2.75) is 53.0 Å². The molecule has 0 saturated heterocycles. The molecule has 1 aromatic carbocycles. The number of ether oxygens (including phenoxy) is 2. The molecule has 0 saturated carbocycles. The number of hydrogen-bond donors (Lipinski definition) is 1. The fourth-order valence-electron chi connectivity index (χ4n) is 2.17. The standard InChI is InChI=1S/C17H28ClNO2/c1-5-20-16-10-13(8-7-9-15(19)12(3)4)14(18)11-17(16)21-6-2/h10-12,15H,5-9,19H2,1-4H3. The van der Waals surface area contributed by atoms with Gasteiger partial charge in [-0.1, -0.05) is 25.4 Å². The van der Waals surface area contributed by atoms with Crippen LogP contribution in [0.1, 0.15) is 46.1 Å². The molecule has 1 atom stereocenters. The smallest absolute Gasteiger partial charge is 0.162 e. The van der Waals surface area contributed by atoms with Gasteiger partial charge in [-0.25, -0.2) is 0 Å². The molecule has 0 fully saturated rings. The molecule has 0 amide bonds. The predicted molar refractivity (Wildman–Crippen MR) is 89.5 cm³/mol. The SMILES string of the molecule is CCOc1cc(Cl)c(CCCC(N)C(C)C)cc1OCC. The van der Waals surface area contributed by atoms with Crippen molar-refractivity contribution < 1.29 is 9.47 Å². The van der Waals surface area contributed by atoms with Gasteiger partial charge < -0.3 is 15.2 Å². The van der Waals surface area contributed by atoms with E-state index >= 15 is 0 Å². The molecule has 0 aliphatic carbocycles. The van der Waals surface area contributed by atoms with E-state index in [0.717, 1.165) is 35.6 Å². The van der Waals surface area contributed by atoms with E-state index < -0.39 is 0 Å². The normalized spacial score (nSPS) is 12.5. The van der Waals surface area contributed by atoms with Gasteiger partial charge in [0.1, 0.15) is 0 Å². The number of halogens is 1. The fraction of sp³-hybridized carbons (Fsp3) is 0.647. The van der Waals surface area contributed by atoms with Gasteiger partial charge in [-0.15, -0.1) is 0 Å². The van der Waals surface area contributed by atoms with E-state index in [1.165, 1.54) is 0 Å². The van der Waals surface area contributed by atoms with Crippen LogP contribution < -0.4 is 15.2 Å². The van der Waals surface area contributed by atoms with E-state index in [1.54, 1.807) is 0 Å². The maximum Gasteiger partial charge on any atom is 0.162 e. The van der Waals surface area contributed by atoms with E-state index in [0.29, 0.717) is 24.9 Å². The Kier molecular flexibility index (Phi) is 7.91. The Morgan fingerprint density at radius 2 is 1.67 bits per heavy atom. The number of benzene rings is 1. The minimum absolute atomic E-state index is 0.248. The summed E-state index contributed by atoms with van der Waals surface area (Å²) >= 11 is 6.35. The molecule has 3 nitrogen and oxygen atoms in total. The summed E-state index contributed by atoms with van der Waals surface area (Å²) in [5, 5.41) is 0.736. The molecule has 0 aromatic heterocycles. The summed E-state index contributed by atoms with van der Waals surface area (Å²) in [5.74, 6) is 2.00. The molecule has 4 heteroatoms. The van der Waals surface area contributed by atoms with Crippen LogP contribution in [-0.4, -0.2) is 19.3 Å². The van der Waals surface area contributed by atoms with Crippen molar-refractivity contribution in [3.05, 3.63) is 22.7 Å². The van der Waals surface area contributed by atoms with Crippen molar-refractivity contribution in [1.82, 2.24) is 0 Å². The summed E-state index contributed by atoms with van der Waals surface area (Å²) in [7, 11) is 0. The van der Waals surface area contributed by atoms with Crippen LogP contribution in [0.5, 0.6) is 11.5 Å². The van der Waals surface area contributed by atoms with Gasteiger partial charge in [0.15, 0.2) is 11.5 Å². The first kappa shape index (κ1) is 18.1. The highest BCUT2D eigenvalue weighted by Crippen LogP contribution is 2.34. The summed E-state index contributed by atoms with van der Waals surface area (Å²) in [5.41, 5.74) is 7.18. The number of aryl methyl sites for hydroxylation is 1. The summed E-state index contributed by atoms with van der Waals surface area (Å²) < 4.78 is 11.2. The van der Waals surface area contributed by atoms with Crippen molar-refractivity contribution in [2.75, 3.05) is 13.2 Å². The third kappa shape index (κ3) is 5.76. The largest absolute Gasteiger partial charge is 0.490 e. The Bertz CT molecular complexity index is 435. The van der Waals surface area contributed by atoms with Crippen LogP contribution in [-0.2, 0) is 6.42 Å². The van der Waals surface area contributed by atoms with Crippen molar-refractivity contribution in [2.24, 2.45) is 11.7 Å². The molecule has 1 unspecified atom stereocenters. The molecule has 0 bridgehead atoms. The first-order valence-electron chi connectivity index (χ1n) is 7.83. The maximum atomic E-state index is 6.35. The lowest BCUT2D eigenvalue weighted by Gasteiger charge is -2.16. The molecule has 0 aliphatic rings. The average Bonchev–Trinajstić information content (AvgIpc) is 2.43.